The van der Waals surface area contributed by atoms with Crippen molar-refractivity contribution in [2.24, 2.45) is 0 Å². The van der Waals surface area contributed by atoms with E-state index in [0.29, 0.717) is 0 Å². The zero-order valence-electron chi connectivity index (χ0n) is 23.4. The fraction of sp³-hybridized carbons (Fsp3) is 0.600. The summed E-state index contributed by atoms with van der Waals surface area (Å²) in [6.45, 7) is 8.44. The molecule has 0 heterocycles. The fourth-order valence-corrected chi connectivity index (χ4v) is 10.8. The van der Waals surface area contributed by atoms with Crippen LogP contribution in [0.3, 0.4) is 0 Å². The molecule has 2 saturated carbocycles. The Bertz CT molecular complexity index is 1070. The van der Waals surface area contributed by atoms with Gasteiger partial charge in [0, 0.05) is 0 Å². The van der Waals surface area contributed by atoms with Gasteiger partial charge in [-0.15, -0.1) is 0 Å². The van der Waals surface area contributed by atoms with Gasteiger partial charge < -0.3 is 10.0 Å². The van der Waals surface area contributed by atoms with Crippen LogP contribution in [0, 0.1) is 0 Å². The fourth-order valence-electron chi connectivity index (χ4n) is 6.35. The summed E-state index contributed by atoms with van der Waals surface area (Å²) >= 11 is 0. The maximum absolute atomic E-state index is 12.1. The van der Waals surface area contributed by atoms with Crippen LogP contribution in [0.25, 0.3) is 11.1 Å². The van der Waals surface area contributed by atoms with Crippen LogP contribution in [0.15, 0.2) is 41.3 Å². The van der Waals surface area contributed by atoms with Gasteiger partial charge >= 0.3 is 29.6 Å². The van der Waals surface area contributed by atoms with Crippen LogP contribution in [0.2, 0.25) is 0 Å². The molecule has 4 rings (SSSR count). The molecular weight excluding hydrogens is 510 g/mol. The number of benzene rings is 2. The second kappa shape index (κ2) is 14.4. The normalized spacial score (nSPS) is 17.6. The van der Waals surface area contributed by atoms with Crippen molar-refractivity contribution < 1.29 is 48.0 Å². The monoisotopic (exact) mass is 554 g/mol. The van der Waals surface area contributed by atoms with Gasteiger partial charge in [0.25, 0.3) is 0 Å². The Kier molecular flexibility index (Phi) is 12.8. The van der Waals surface area contributed by atoms with E-state index in [-0.39, 0.29) is 59.7 Å². The first-order valence-electron chi connectivity index (χ1n) is 13.7. The van der Waals surface area contributed by atoms with E-state index in [1.165, 1.54) is 80.6 Å². The van der Waals surface area contributed by atoms with Gasteiger partial charge in [0.2, 0.25) is 0 Å². The Hall–Kier alpha value is -0.260. The summed E-state index contributed by atoms with van der Waals surface area (Å²) in [4.78, 5) is -0.0899. The second-order valence-corrected chi connectivity index (χ2v) is 15.4. The van der Waals surface area contributed by atoms with Gasteiger partial charge in [0.1, 0.15) is 10.1 Å². The first kappa shape index (κ1) is 32.9. The molecule has 0 saturated heterocycles. The van der Waals surface area contributed by atoms with E-state index in [1.807, 2.05) is 0 Å². The van der Waals surface area contributed by atoms with Gasteiger partial charge in [-0.1, -0.05) is 98.4 Å². The quantitative estimate of drug-likeness (QED) is 0.288. The van der Waals surface area contributed by atoms with Crippen LogP contribution in [0.4, 0.5) is 0 Å². The van der Waals surface area contributed by atoms with E-state index in [1.54, 1.807) is 12.1 Å². The Morgan fingerprint density at radius 2 is 1.22 bits per heavy atom. The van der Waals surface area contributed by atoms with Crippen LogP contribution in [-0.4, -0.2) is 29.8 Å². The molecule has 2 aliphatic rings. The van der Waals surface area contributed by atoms with Crippen molar-refractivity contribution >= 4 is 23.3 Å². The molecule has 2 fully saturated rings. The Morgan fingerprint density at radius 3 is 1.62 bits per heavy atom. The summed E-state index contributed by atoms with van der Waals surface area (Å²) in [5, 5.41) is 1.52. The molecule has 2 aromatic carbocycles. The van der Waals surface area contributed by atoms with Crippen molar-refractivity contribution in [3.05, 3.63) is 47.5 Å². The third kappa shape index (κ3) is 7.69. The minimum absolute atomic E-state index is 0. The van der Waals surface area contributed by atoms with Crippen molar-refractivity contribution in [3.8, 4) is 11.1 Å². The van der Waals surface area contributed by atoms with E-state index in [4.69, 9.17) is 0 Å². The van der Waals surface area contributed by atoms with Gasteiger partial charge in [0.05, 0.1) is 4.90 Å². The van der Waals surface area contributed by atoms with Crippen LogP contribution < -0.4 is 34.9 Å². The zero-order chi connectivity index (χ0) is 25.2. The SMILES string of the molecule is CC(C)c1cc(S(=O)(=O)[O-])cc(C(C)C)c1-c1ccccc1P(C1CCCCC1)C1CCCCC1.O.[Na+]. The zero-order valence-corrected chi connectivity index (χ0v) is 27.1. The average molecular weight is 555 g/mol. The topological polar surface area (TPSA) is 88.7 Å². The van der Waals surface area contributed by atoms with Crippen molar-refractivity contribution in [2.75, 3.05) is 0 Å². The van der Waals surface area contributed by atoms with Crippen LogP contribution in [-0.2, 0) is 10.1 Å². The molecule has 0 atom stereocenters. The van der Waals surface area contributed by atoms with E-state index < -0.39 is 10.1 Å². The molecule has 0 spiro atoms. The summed E-state index contributed by atoms with van der Waals surface area (Å²) < 4.78 is 36.2. The minimum Gasteiger partial charge on any atom is -0.744 e. The van der Waals surface area contributed by atoms with Gasteiger partial charge in [-0.05, 0) is 88.5 Å². The molecule has 2 N–H and O–H groups in total. The third-order valence-corrected chi connectivity index (χ3v) is 12.5. The molecule has 0 bridgehead atoms. The second-order valence-electron chi connectivity index (χ2n) is 11.2. The molecule has 2 aliphatic carbocycles. The van der Waals surface area contributed by atoms with Crippen molar-refractivity contribution in [3.63, 3.8) is 0 Å². The van der Waals surface area contributed by atoms with Gasteiger partial charge in [-0.2, -0.15) is 0 Å². The Balaban J connectivity index is 0.00000241. The molecule has 37 heavy (non-hydrogen) atoms. The Morgan fingerprint density at radius 1 is 0.784 bits per heavy atom. The first-order valence-corrected chi connectivity index (χ1v) is 16.6. The van der Waals surface area contributed by atoms with E-state index >= 15 is 0 Å². The average Bonchev–Trinajstić information content (AvgIpc) is 2.84. The summed E-state index contributed by atoms with van der Waals surface area (Å²) in [5.41, 5.74) is 6.01. The molecule has 0 amide bonds. The van der Waals surface area contributed by atoms with Gasteiger partial charge in [0.15, 0.2) is 0 Å². The van der Waals surface area contributed by atoms with E-state index in [0.717, 1.165) is 22.4 Å². The minimum atomic E-state index is -4.52. The molecule has 0 radical (unpaired) electrons. The van der Waals surface area contributed by atoms with Crippen molar-refractivity contribution in [1.82, 2.24) is 0 Å². The number of rotatable bonds is 7. The summed E-state index contributed by atoms with van der Waals surface area (Å²) in [5.74, 6) is 0.237. The summed E-state index contributed by atoms with van der Waals surface area (Å²) in [6.07, 6.45) is 13.5. The molecule has 2 aromatic rings. The van der Waals surface area contributed by atoms with Crippen molar-refractivity contribution in [2.45, 2.75) is 120 Å². The van der Waals surface area contributed by atoms with Crippen molar-refractivity contribution in [1.29, 1.82) is 0 Å². The van der Waals surface area contributed by atoms with Crippen LogP contribution in [0.1, 0.15) is 115 Å². The first-order chi connectivity index (χ1) is 16.7. The molecule has 200 valence electrons. The van der Waals surface area contributed by atoms with E-state index in [9.17, 15) is 13.0 Å². The molecule has 0 unspecified atom stereocenters. The molecule has 0 aliphatic heterocycles. The number of hydrogen-bond donors (Lipinski definition) is 0. The maximum atomic E-state index is 12.1. The molecular formula is C30H44NaO4PS. The van der Waals surface area contributed by atoms with Gasteiger partial charge in [-0.3, -0.25) is 0 Å². The number of hydrogen-bond acceptors (Lipinski definition) is 3. The van der Waals surface area contributed by atoms with Gasteiger partial charge in [-0.25, -0.2) is 8.42 Å². The summed E-state index contributed by atoms with van der Waals surface area (Å²) in [7, 11) is -4.83. The largest absolute Gasteiger partial charge is 1.00 e. The third-order valence-electron chi connectivity index (χ3n) is 8.09. The van der Waals surface area contributed by atoms with Crippen LogP contribution in [0.5, 0.6) is 0 Å². The predicted octanol–water partition coefficient (Wildman–Crippen LogP) is 4.46. The summed E-state index contributed by atoms with van der Waals surface area (Å²) in [6, 6.07) is 12.3. The predicted molar refractivity (Wildman–Crippen MR) is 152 cm³/mol. The molecule has 4 nitrogen and oxygen atoms in total. The standard InChI is InChI=1S/C30H43O3PS.Na.H2O/c1-21(2)27-19-25(35(31,32)33)20-28(22(3)4)30(27)26-17-11-12-18-29(26)34(23-13-7-5-8-14-23)24-15-9-6-10-16-24;;/h11-12,17-24H,5-10,13-16H2,1-4H3,(H,31,32,33);;1H2/q;+1;/p-1. The van der Waals surface area contributed by atoms with E-state index in [2.05, 4.69) is 52.0 Å². The van der Waals surface area contributed by atoms with Crippen LogP contribution >= 0.6 is 7.92 Å². The Labute approximate surface area is 248 Å². The maximum Gasteiger partial charge on any atom is 1.00 e. The molecule has 0 aromatic heterocycles. The molecule has 7 heteroatoms. The smallest absolute Gasteiger partial charge is 0.744 e.